The molecule has 1 fully saturated rings. The van der Waals surface area contributed by atoms with E-state index in [-0.39, 0.29) is 43.2 Å². The van der Waals surface area contributed by atoms with Crippen LogP contribution in [0.4, 0.5) is 9.93 Å². The van der Waals surface area contributed by atoms with Crippen LogP contribution < -0.4 is 5.32 Å². The van der Waals surface area contributed by atoms with Gasteiger partial charge in [0.05, 0.1) is 26.2 Å². The van der Waals surface area contributed by atoms with Crippen LogP contribution in [0.5, 0.6) is 0 Å². The zero-order valence-corrected chi connectivity index (χ0v) is 21.1. The fraction of sp³-hybridized carbons (Fsp3) is 0.286. The number of thiazole rings is 1. The lowest BCUT2D eigenvalue weighted by Gasteiger charge is -2.33. The molecular formula is C21H20Cl2N4O5S2. The fourth-order valence-corrected chi connectivity index (χ4v) is 6.26. The van der Waals surface area contributed by atoms with Crippen LogP contribution >= 0.6 is 34.5 Å². The van der Waals surface area contributed by atoms with Crippen LogP contribution in [-0.2, 0) is 14.8 Å². The Labute approximate surface area is 210 Å². The normalized spacial score (nSPS) is 14.9. The van der Waals surface area contributed by atoms with Crippen LogP contribution in [0.3, 0.4) is 0 Å². The number of piperazine rings is 1. The number of aromatic nitrogens is 1. The molecule has 0 bridgehead atoms. The monoisotopic (exact) mass is 542 g/mol. The van der Waals surface area contributed by atoms with E-state index < -0.39 is 22.0 Å². The van der Waals surface area contributed by atoms with Crippen molar-refractivity contribution in [1.82, 2.24) is 14.2 Å². The largest absolute Gasteiger partial charge is 0.450 e. The first-order valence-electron chi connectivity index (χ1n) is 10.3. The summed E-state index contributed by atoms with van der Waals surface area (Å²) in [6, 6.07) is 8.93. The molecule has 1 saturated heterocycles. The van der Waals surface area contributed by atoms with Crippen molar-refractivity contribution < 1.29 is 22.7 Å². The number of nitrogens with one attached hydrogen (secondary N) is 1. The summed E-state index contributed by atoms with van der Waals surface area (Å²) in [7, 11) is -3.77. The van der Waals surface area contributed by atoms with Gasteiger partial charge in [0.2, 0.25) is 10.0 Å². The third-order valence-corrected chi connectivity index (χ3v) is 8.83. The quantitative estimate of drug-likeness (QED) is 0.514. The molecule has 4 rings (SSSR count). The van der Waals surface area contributed by atoms with Crippen LogP contribution in [0, 0.1) is 0 Å². The number of amides is 2. The highest BCUT2D eigenvalue weighted by molar-refractivity contribution is 7.89. The molecule has 13 heteroatoms. The third kappa shape index (κ3) is 4.98. The van der Waals surface area contributed by atoms with Crippen molar-refractivity contribution >= 4 is 71.9 Å². The summed E-state index contributed by atoms with van der Waals surface area (Å²) in [6.07, 6.45) is -0.451. The minimum Gasteiger partial charge on any atom is -0.450 e. The van der Waals surface area contributed by atoms with Gasteiger partial charge in [0.15, 0.2) is 5.13 Å². The van der Waals surface area contributed by atoms with E-state index in [1.807, 2.05) is 0 Å². The number of hydrogen-bond acceptors (Lipinski definition) is 7. The van der Waals surface area contributed by atoms with E-state index >= 15 is 0 Å². The zero-order chi connectivity index (χ0) is 24.5. The first kappa shape index (κ1) is 24.7. The highest BCUT2D eigenvalue weighted by atomic mass is 35.5. The van der Waals surface area contributed by atoms with Crippen molar-refractivity contribution in [2.45, 2.75) is 11.8 Å². The van der Waals surface area contributed by atoms with E-state index in [1.54, 1.807) is 19.1 Å². The number of rotatable bonds is 5. The molecule has 0 saturated carbocycles. The molecule has 1 aliphatic heterocycles. The Hall–Kier alpha value is -2.44. The summed E-state index contributed by atoms with van der Waals surface area (Å²) < 4.78 is 32.9. The Morgan fingerprint density at radius 3 is 2.32 bits per heavy atom. The summed E-state index contributed by atoms with van der Waals surface area (Å²) in [4.78, 5) is 30.3. The van der Waals surface area contributed by atoms with E-state index in [4.69, 9.17) is 27.9 Å². The van der Waals surface area contributed by atoms with Gasteiger partial charge in [-0.05, 0) is 43.3 Å². The van der Waals surface area contributed by atoms with Gasteiger partial charge < -0.3 is 9.64 Å². The second kappa shape index (κ2) is 10.0. The maximum absolute atomic E-state index is 13.0. The molecule has 1 aliphatic rings. The molecular weight excluding hydrogens is 523 g/mol. The highest BCUT2D eigenvalue weighted by Crippen LogP contribution is 2.36. The molecule has 2 heterocycles. The molecule has 1 N–H and O–H groups in total. The Bertz CT molecular complexity index is 1300. The topological polar surface area (TPSA) is 109 Å². The molecule has 2 aromatic carbocycles. The Morgan fingerprint density at radius 2 is 1.71 bits per heavy atom. The molecule has 1 aromatic heterocycles. The minimum absolute atomic E-state index is 0.0622. The van der Waals surface area contributed by atoms with Gasteiger partial charge in [-0.3, -0.25) is 10.1 Å². The molecule has 0 radical (unpaired) electrons. The van der Waals surface area contributed by atoms with Crippen LogP contribution in [-0.4, -0.2) is 67.4 Å². The van der Waals surface area contributed by atoms with Crippen LogP contribution in [0.15, 0.2) is 41.3 Å². The SMILES string of the molecule is CCOC(=O)N1CCN(S(=O)(=O)c2ccc(C(=O)Nc3nc4c(Cl)ccc(Cl)c4s3)cc2)CC1. The van der Waals surface area contributed by atoms with Crippen molar-refractivity contribution in [2.75, 3.05) is 38.1 Å². The number of carbonyl (C=O) groups is 2. The summed E-state index contributed by atoms with van der Waals surface area (Å²) in [5, 5.41) is 3.92. The maximum atomic E-state index is 13.0. The van der Waals surface area contributed by atoms with Gasteiger partial charge in [-0.1, -0.05) is 34.5 Å². The van der Waals surface area contributed by atoms with Crippen molar-refractivity contribution in [2.24, 2.45) is 0 Å². The van der Waals surface area contributed by atoms with Crippen LogP contribution in [0.25, 0.3) is 10.2 Å². The molecule has 9 nitrogen and oxygen atoms in total. The number of fused-ring (bicyclic) bond motifs is 1. The predicted octanol–water partition coefficient (Wildman–Crippen LogP) is 4.32. The zero-order valence-electron chi connectivity index (χ0n) is 18.0. The number of halogens is 2. The van der Waals surface area contributed by atoms with Gasteiger partial charge in [0.1, 0.15) is 5.52 Å². The lowest BCUT2D eigenvalue weighted by Crippen LogP contribution is -2.50. The van der Waals surface area contributed by atoms with Crippen molar-refractivity contribution in [3.05, 3.63) is 52.0 Å². The van der Waals surface area contributed by atoms with Crippen LogP contribution in [0.2, 0.25) is 10.0 Å². The standard InChI is InChI=1S/C21H20Cl2N4O5S2/c1-2-32-21(29)26-9-11-27(12-10-26)34(30,31)14-5-3-13(4-6-14)19(28)25-20-24-17-15(22)7-8-16(23)18(17)33-20/h3-8H,2,9-12H2,1H3,(H,24,25,28). The first-order chi connectivity index (χ1) is 16.2. The number of sulfonamides is 1. The molecule has 0 unspecified atom stereocenters. The van der Waals surface area contributed by atoms with Crippen molar-refractivity contribution in [3.63, 3.8) is 0 Å². The van der Waals surface area contributed by atoms with Gasteiger partial charge in [-0.15, -0.1) is 0 Å². The van der Waals surface area contributed by atoms with Gasteiger partial charge in [-0.25, -0.2) is 18.2 Å². The second-order valence-electron chi connectivity index (χ2n) is 7.29. The molecule has 0 spiro atoms. The number of carbonyl (C=O) groups excluding carboxylic acids is 2. The molecule has 3 aromatic rings. The van der Waals surface area contributed by atoms with Gasteiger partial charge in [0, 0.05) is 31.7 Å². The van der Waals surface area contributed by atoms with Crippen molar-refractivity contribution in [1.29, 1.82) is 0 Å². The average Bonchev–Trinajstić information content (AvgIpc) is 3.27. The molecule has 2 amide bonds. The number of benzene rings is 2. The Kier molecular flexibility index (Phi) is 7.29. The average molecular weight is 543 g/mol. The lowest BCUT2D eigenvalue weighted by atomic mass is 10.2. The van der Waals surface area contributed by atoms with E-state index in [9.17, 15) is 18.0 Å². The number of hydrogen-bond donors (Lipinski definition) is 1. The van der Waals surface area contributed by atoms with Gasteiger partial charge in [0.25, 0.3) is 5.91 Å². The number of nitrogens with zero attached hydrogens (tertiary/aromatic N) is 3. The number of ether oxygens (including phenoxy) is 1. The number of anilines is 1. The maximum Gasteiger partial charge on any atom is 0.409 e. The Balaban J connectivity index is 1.43. The van der Waals surface area contributed by atoms with Crippen molar-refractivity contribution in [3.8, 4) is 0 Å². The molecule has 0 aliphatic carbocycles. The summed E-state index contributed by atoms with van der Waals surface area (Å²) in [5.74, 6) is -0.446. The highest BCUT2D eigenvalue weighted by Gasteiger charge is 2.30. The predicted molar refractivity (Wildman–Crippen MR) is 131 cm³/mol. The van der Waals surface area contributed by atoms with Crippen LogP contribution in [0.1, 0.15) is 17.3 Å². The lowest BCUT2D eigenvalue weighted by molar-refractivity contribution is 0.0933. The van der Waals surface area contributed by atoms with Gasteiger partial charge >= 0.3 is 6.09 Å². The van der Waals surface area contributed by atoms with E-state index in [2.05, 4.69) is 10.3 Å². The van der Waals surface area contributed by atoms with E-state index in [0.29, 0.717) is 25.4 Å². The Morgan fingerprint density at radius 1 is 1.06 bits per heavy atom. The fourth-order valence-electron chi connectivity index (χ4n) is 3.42. The summed E-state index contributed by atoms with van der Waals surface area (Å²) in [6.45, 7) is 2.78. The second-order valence-corrected chi connectivity index (χ2v) is 11.0. The van der Waals surface area contributed by atoms with E-state index in [1.165, 1.54) is 44.8 Å². The smallest absolute Gasteiger partial charge is 0.409 e. The molecule has 180 valence electrons. The summed E-state index contributed by atoms with van der Waals surface area (Å²) in [5.41, 5.74) is 0.765. The van der Waals surface area contributed by atoms with Gasteiger partial charge in [-0.2, -0.15) is 4.31 Å². The molecule has 0 atom stereocenters. The summed E-state index contributed by atoms with van der Waals surface area (Å²) >= 11 is 13.5. The van der Waals surface area contributed by atoms with E-state index in [0.717, 1.165) is 0 Å². The first-order valence-corrected chi connectivity index (χ1v) is 13.3. The third-order valence-electron chi connectivity index (χ3n) is 5.19. The minimum atomic E-state index is -3.77. The molecule has 34 heavy (non-hydrogen) atoms.